The molecule has 3 nitrogen and oxygen atoms in total. The summed E-state index contributed by atoms with van der Waals surface area (Å²) < 4.78 is 5.01. The van der Waals surface area contributed by atoms with Crippen molar-refractivity contribution < 1.29 is 9.84 Å². The molecule has 0 fully saturated rings. The molecule has 0 radical (unpaired) electrons. The lowest BCUT2D eigenvalue weighted by atomic mass is 9.91. The number of nitrogens with one attached hydrogen (secondary N) is 1. The van der Waals surface area contributed by atoms with Crippen molar-refractivity contribution in [1.29, 1.82) is 0 Å². The Labute approximate surface area is 111 Å². The fourth-order valence-electron chi connectivity index (χ4n) is 1.78. The minimum absolute atomic E-state index is 0.0577. The molecule has 0 bridgehead atoms. The first-order chi connectivity index (χ1) is 8.24. The van der Waals surface area contributed by atoms with Gasteiger partial charge in [0.15, 0.2) is 0 Å². The van der Waals surface area contributed by atoms with Crippen molar-refractivity contribution in [3.8, 4) is 0 Å². The minimum atomic E-state index is -0.0577. The number of hydrogen-bond acceptors (Lipinski definition) is 4. The standard InChI is InChI=1S/C13H29NO2S/c1-4-8-14-13(5-2,12-15)7-6-10-17-11-9-16-3/h14-15H,4-12H2,1-3H3. The molecule has 1 unspecified atom stereocenters. The fourth-order valence-corrected chi connectivity index (χ4v) is 2.62. The molecule has 0 aliphatic rings. The van der Waals surface area contributed by atoms with E-state index in [1.165, 1.54) is 0 Å². The topological polar surface area (TPSA) is 41.5 Å². The Morgan fingerprint density at radius 3 is 2.59 bits per heavy atom. The fraction of sp³-hybridized carbons (Fsp3) is 1.00. The molecule has 2 N–H and O–H groups in total. The van der Waals surface area contributed by atoms with Gasteiger partial charge in [0.1, 0.15) is 0 Å². The molecular formula is C13H29NO2S. The van der Waals surface area contributed by atoms with Gasteiger partial charge in [-0.15, -0.1) is 0 Å². The van der Waals surface area contributed by atoms with Crippen molar-refractivity contribution in [3.63, 3.8) is 0 Å². The summed E-state index contributed by atoms with van der Waals surface area (Å²) in [5.74, 6) is 2.22. The van der Waals surface area contributed by atoms with Gasteiger partial charge in [0, 0.05) is 18.4 Å². The van der Waals surface area contributed by atoms with E-state index < -0.39 is 0 Å². The second kappa shape index (κ2) is 11.3. The largest absolute Gasteiger partial charge is 0.394 e. The summed E-state index contributed by atoms with van der Waals surface area (Å²) >= 11 is 1.93. The highest BCUT2D eigenvalue weighted by Crippen LogP contribution is 2.18. The molecule has 0 rings (SSSR count). The number of methoxy groups -OCH3 is 1. The Bertz CT molecular complexity index is 163. The maximum absolute atomic E-state index is 9.55. The van der Waals surface area contributed by atoms with E-state index in [-0.39, 0.29) is 12.1 Å². The zero-order valence-electron chi connectivity index (χ0n) is 11.6. The van der Waals surface area contributed by atoms with Gasteiger partial charge in [0.2, 0.25) is 0 Å². The zero-order valence-corrected chi connectivity index (χ0v) is 12.4. The third kappa shape index (κ3) is 8.03. The molecule has 0 aliphatic heterocycles. The molecule has 104 valence electrons. The molecule has 0 spiro atoms. The van der Waals surface area contributed by atoms with Crippen LogP contribution in [0.1, 0.15) is 39.5 Å². The quantitative estimate of drug-likeness (QED) is 0.530. The summed E-state index contributed by atoms with van der Waals surface area (Å²) in [5, 5.41) is 13.1. The lowest BCUT2D eigenvalue weighted by molar-refractivity contribution is 0.146. The Hall–Kier alpha value is 0.230. The summed E-state index contributed by atoms with van der Waals surface area (Å²) in [4.78, 5) is 0. The smallest absolute Gasteiger partial charge is 0.0613 e. The molecule has 0 heterocycles. The molecule has 17 heavy (non-hydrogen) atoms. The highest BCUT2D eigenvalue weighted by atomic mass is 32.2. The monoisotopic (exact) mass is 263 g/mol. The number of rotatable bonds is 12. The first kappa shape index (κ1) is 17.2. The van der Waals surface area contributed by atoms with Gasteiger partial charge in [0.05, 0.1) is 13.2 Å². The van der Waals surface area contributed by atoms with E-state index in [9.17, 15) is 5.11 Å². The van der Waals surface area contributed by atoms with Crippen LogP contribution in [-0.4, -0.2) is 49.0 Å². The second-order valence-corrected chi connectivity index (χ2v) is 5.65. The lowest BCUT2D eigenvalue weighted by Gasteiger charge is -2.32. The third-order valence-corrected chi connectivity index (χ3v) is 4.14. The number of thioether (sulfide) groups is 1. The molecular weight excluding hydrogens is 234 g/mol. The van der Waals surface area contributed by atoms with E-state index in [1.807, 2.05) is 11.8 Å². The van der Waals surface area contributed by atoms with Crippen LogP contribution >= 0.6 is 11.8 Å². The van der Waals surface area contributed by atoms with Crippen LogP contribution in [0.3, 0.4) is 0 Å². The highest BCUT2D eigenvalue weighted by Gasteiger charge is 2.25. The van der Waals surface area contributed by atoms with Gasteiger partial charge in [-0.05, 0) is 38.0 Å². The maximum atomic E-state index is 9.55. The van der Waals surface area contributed by atoms with Crippen molar-refractivity contribution in [3.05, 3.63) is 0 Å². The van der Waals surface area contributed by atoms with Gasteiger partial charge in [-0.3, -0.25) is 0 Å². The lowest BCUT2D eigenvalue weighted by Crippen LogP contribution is -2.48. The molecule has 0 aromatic rings. The van der Waals surface area contributed by atoms with Crippen molar-refractivity contribution >= 4 is 11.8 Å². The SMILES string of the molecule is CCCNC(CC)(CO)CCCSCCOC. The number of aliphatic hydroxyl groups excluding tert-OH is 1. The summed E-state index contributed by atoms with van der Waals surface area (Å²) in [6.45, 7) is 6.37. The van der Waals surface area contributed by atoms with Gasteiger partial charge in [0.25, 0.3) is 0 Å². The Morgan fingerprint density at radius 2 is 2.06 bits per heavy atom. The van der Waals surface area contributed by atoms with Crippen LogP contribution in [0.15, 0.2) is 0 Å². The van der Waals surface area contributed by atoms with E-state index in [0.717, 1.165) is 50.3 Å². The van der Waals surface area contributed by atoms with E-state index >= 15 is 0 Å². The van der Waals surface area contributed by atoms with Crippen LogP contribution in [0.5, 0.6) is 0 Å². The predicted molar refractivity (Wildman–Crippen MR) is 76.8 cm³/mol. The van der Waals surface area contributed by atoms with Crippen LogP contribution in [-0.2, 0) is 4.74 Å². The number of aliphatic hydroxyl groups is 1. The molecule has 0 amide bonds. The molecule has 4 heteroatoms. The average Bonchev–Trinajstić information content (AvgIpc) is 2.38. The molecule has 1 atom stereocenters. The molecule has 0 saturated carbocycles. The summed E-state index contributed by atoms with van der Waals surface area (Å²) in [7, 11) is 1.74. The van der Waals surface area contributed by atoms with E-state index in [4.69, 9.17) is 4.74 Å². The Morgan fingerprint density at radius 1 is 1.29 bits per heavy atom. The first-order valence-corrected chi connectivity index (χ1v) is 7.82. The molecule has 0 saturated heterocycles. The summed E-state index contributed by atoms with van der Waals surface area (Å²) in [6.07, 6.45) is 4.32. The van der Waals surface area contributed by atoms with Crippen LogP contribution in [0.4, 0.5) is 0 Å². The van der Waals surface area contributed by atoms with Gasteiger partial charge < -0.3 is 15.2 Å². The maximum Gasteiger partial charge on any atom is 0.0613 e. The van der Waals surface area contributed by atoms with E-state index in [2.05, 4.69) is 19.2 Å². The van der Waals surface area contributed by atoms with Crippen LogP contribution in [0, 0.1) is 0 Å². The van der Waals surface area contributed by atoms with Gasteiger partial charge in [-0.2, -0.15) is 11.8 Å². The van der Waals surface area contributed by atoms with Gasteiger partial charge >= 0.3 is 0 Å². The third-order valence-electron chi connectivity index (χ3n) is 3.11. The summed E-state index contributed by atoms with van der Waals surface area (Å²) in [6, 6.07) is 0. The first-order valence-electron chi connectivity index (χ1n) is 6.67. The molecule has 0 aliphatic carbocycles. The van der Waals surface area contributed by atoms with Crippen LogP contribution in [0.2, 0.25) is 0 Å². The van der Waals surface area contributed by atoms with Crippen molar-refractivity contribution in [1.82, 2.24) is 5.32 Å². The molecule has 0 aromatic heterocycles. The van der Waals surface area contributed by atoms with E-state index in [1.54, 1.807) is 7.11 Å². The summed E-state index contributed by atoms with van der Waals surface area (Å²) in [5.41, 5.74) is -0.0577. The Kier molecular flexibility index (Phi) is 11.5. The zero-order chi connectivity index (χ0) is 13.0. The van der Waals surface area contributed by atoms with Crippen LogP contribution in [0.25, 0.3) is 0 Å². The van der Waals surface area contributed by atoms with Gasteiger partial charge in [-0.25, -0.2) is 0 Å². The second-order valence-electron chi connectivity index (χ2n) is 4.43. The normalized spacial score (nSPS) is 14.8. The van der Waals surface area contributed by atoms with Crippen LogP contribution < -0.4 is 5.32 Å². The average molecular weight is 263 g/mol. The number of ether oxygens (including phenoxy) is 1. The highest BCUT2D eigenvalue weighted by molar-refractivity contribution is 7.99. The molecule has 0 aromatic carbocycles. The van der Waals surface area contributed by atoms with Crippen molar-refractivity contribution in [2.45, 2.75) is 45.1 Å². The predicted octanol–water partition coefficient (Wildman–Crippen LogP) is 2.29. The van der Waals surface area contributed by atoms with Crippen molar-refractivity contribution in [2.75, 3.05) is 38.4 Å². The number of hydrogen-bond donors (Lipinski definition) is 2. The Balaban J connectivity index is 3.75. The van der Waals surface area contributed by atoms with E-state index in [0.29, 0.717) is 0 Å². The van der Waals surface area contributed by atoms with Crippen molar-refractivity contribution in [2.24, 2.45) is 0 Å². The van der Waals surface area contributed by atoms with Gasteiger partial charge in [-0.1, -0.05) is 13.8 Å². The minimum Gasteiger partial charge on any atom is -0.394 e.